The number of aryl methyl sites for hydroxylation is 3. The average Bonchev–Trinajstić information content (AvgIpc) is 2.99. The highest BCUT2D eigenvalue weighted by atomic mass is 32.2. The maximum Gasteiger partial charge on any atom is 0.234 e. The zero-order valence-electron chi connectivity index (χ0n) is 19.6. The van der Waals surface area contributed by atoms with Crippen molar-refractivity contribution < 1.29 is 13.9 Å². The van der Waals surface area contributed by atoms with E-state index in [2.05, 4.69) is 12.2 Å². The Morgan fingerprint density at radius 3 is 2.32 bits per heavy atom. The van der Waals surface area contributed by atoms with Gasteiger partial charge in [-0.15, -0.1) is 11.8 Å². The van der Waals surface area contributed by atoms with Gasteiger partial charge < -0.3 is 10.1 Å². The average molecular weight is 476 g/mol. The van der Waals surface area contributed by atoms with Crippen LogP contribution in [0.4, 0.5) is 21.5 Å². The first-order chi connectivity index (χ1) is 16.3. The number of rotatable bonds is 5. The van der Waals surface area contributed by atoms with Crippen molar-refractivity contribution in [3.8, 4) is 5.75 Å². The normalized spacial score (nSPS) is 12.9. The highest BCUT2D eigenvalue weighted by molar-refractivity contribution is 8.14. The molecule has 3 aromatic rings. The maximum absolute atomic E-state index is 13.6. The van der Waals surface area contributed by atoms with Crippen LogP contribution in [0.2, 0.25) is 0 Å². The van der Waals surface area contributed by atoms with E-state index in [1.807, 2.05) is 50.2 Å². The van der Waals surface area contributed by atoms with Crippen LogP contribution < -0.4 is 10.1 Å². The van der Waals surface area contributed by atoms with Gasteiger partial charge in [-0.2, -0.15) is 0 Å². The maximum atomic E-state index is 13.6. The van der Waals surface area contributed by atoms with Crippen molar-refractivity contribution >= 4 is 45.5 Å². The molecule has 1 heterocycles. The minimum Gasteiger partial charge on any atom is -0.497 e. The van der Waals surface area contributed by atoms with E-state index in [-0.39, 0.29) is 17.5 Å². The number of thioether (sulfide) groups is 1. The van der Waals surface area contributed by atoms with Crippen molar-refractivity contribution in [3.63, 3.8) is 0 Å². The van der Waals surface area contributed by atoms with Gasteiger partial charge in [0, 0.05) is 12.1 Å². The fraction of sp³-hybridized carbons (Fsp3) is 0.222. The molecule has 0 saturated heterocycles. The second kappa shape index (κ2) is 10.2. The lowest BCUT2D eigenvalue weighted by Gasteiger charge is -2.10. The third kappa shape index (κ3) is 5.54. The predicted octanol–water partition coefficient (Wildman–Crippen LogP) is 6.69. The van der Waals surface area contributed by atoms with E-state index >= 15 is 0 Å². The quantitative estimate of drug-likeness (QED) is 0.447. The molecular weight excluding hydrogens is 449 g/mol. The molecule has 0 atom stereocenters. The van der Waals surface area contributed by atoms with Gasteiger partial charge in [-0.25, -0.2) is 9.38 Å². The van der Waals surface area contributed by atoms with Crippen LogP contribution in [0.25, 0.3) is 0 Å². The van der Waals surface area contributed by atoms with Gasteiger partial charge in [0.1, 0.15) is 11.6 Å². The monoisotopic (exact) mass is 475 g/mol. The Bertz CT molecular complexity index is 1300. The Hall–Kier alpha value is -3.45. The number of methoxy groups -OCH3 is 1. The first-order valence-corrected chi connectivity index (χ1v) is 11.9. The predicted molar refractivity (Wildman–Crippen MR) is 139 cm³/mol. The molecule has 1 N–H and O–H groups in total. The number of fused-ring (bicyclic) bond motifs is 1. The molecule has 0 bridgehead atoms. The Morgan fingerprint density at radius 1 is 0.971 bits per heavy atom. The molecule has 1 aliphatic heterocycles. The number of nitrogens with zero attached hydrogens (tertiary/aromatic N) is 2. The number of nitrogens with one attached hydrogen (secondary N) is 1. The Morgan fingerprint density at radius 2 is 1.65 bits per heavy atom. The van der Waals surface area contributed by atoms with Gasteiger partial charge >= 0.3 is 0 Å². The van der Waals surface area contributed by atoms with E-state index in [0.29, 0.717) is 12.1 Å². The summed E-state index contributed by atoms with van der Waals surface area (Å²) in [6, 6.07) is 16.2. The van der Waals surface area contributed by atoms with Crippen LogP contribution in [-0.4, -0.2) is 29.5 Å². The molecule has 0 spiro atoms. The smallest absolute Gasteiger partial charge is 0.234 e. The highest BCUT2D eigenvalue weighted by Gasteiger charge is 2.18. The summed E-state index contributed by atoms with van der Waals surface area (Å²) in [6.07, 6.45) is 0.496. The molecule has 34 heavy (non-hydrogen) atoms. The third-order valence-corrected chi connectivity index (χ3v) is 6.65. The summed E-state index contributed by atoms with van der Waals surface area (Å²) < 4.78 is 18.9. The number of anilines is 1. The fourth-order valence-corrected chi connectivity index (χ4v) is 4.34. The molecule has 5 nitrogen and oxygen atoms in total. The van der Waals surface area contributed by atoms with Crippen LogP contribution in [0.1, 0.15) is 28.7 Å². The van der Waals surface area contributed by atoms with Gasteiger partial charge in [-0.3, -0.25) is 9.79 Å². The van der Waals surface area contributed by atoms with Crippen LogP contribution in [-0.2, 0) is 4.79 Å². The number of hydrogen-bond acceptors (Lipinski definition) is 5. The van der Waals surface area contributed by atoms with E-state index in [0.717, 1.165) is 50.1 Å². The number of ether oxygens (including phenoxy) is 1. The lowest BCUT2D eigenvalue weighted by molar-refractivity contribution is -0.113. The molecule has 0 unspecified atom stereocenters. The van der Waals surface area contributed by atoms with Crippen molar-refractivity contribution in [2.24, 2.45) is 9.98 Å². The molecule has 0 fully saturated rings. The number of carbonyl (C=O) groups is 1. The second-order valence-corrected chi connectivity index (χ2v) is 9.24. The van der Waals surface area contributed by atoms with Crippen LogP contribution in [0.3, 0.4) is 0 Å². The first kappa shape index (κ1) is 23.7. The van der Waals surface area contributed by atoms with Crippen molar-refractivity contribution in [3.05, 3.63) is 82.7 Å². The number of amides is 1. The lowest BCUT2D eigenvalue weighted by Crippen LogP contribution is -2.17. The summed E-state index contributed by atoms with van der Waals surface area (Å²) in [5, 5.41) is 3.59. The molecule has 0 aromatic heterocycles. The van der Waals surface area contributed by atoms with Gasteiger partial charge in [-0.05, 0) is 91.6 Å². The summed E-state index contributed by atoms with van der Waals surface area (Å²) in [5.41, 5.74) is 7.00. The topological polar surface area (TPSA) is 63.1 Å². The Kier molecular flexibility index (Phi) is 7.12. The van der Waals surface area contributed by atoms with Crippen molar-refractivity contribution in [1.29, 1.82) is 0 Å². The minimum absolute atomic E-state index is 0.158. The van der Waals surface area contributed by atoms with Gasteiger partial charge in [-0.1, -0.05) is 6.07 Å². The molecule has 1 aliphatic rings. The van der Waals surface area contributed by atoms with E-state index in [1.54, 1.807) is 13.2 Å². The van der Waals surface area contributed by atoms with Crippen LogP contribution >= 0.6 is 11.8 Å². The highest BCUT2D eigenvalue weighted by Crippen LogP contribution is 2.36. The first-order valence-electron chi connectivity index (χ1n) is 10.9. The SMILES string of the molecule is COc1ccc(C2=Nc3cc(C)c(C)cc3N=C(SCC(=O)Nc3cc(F)ccc3C)C2)cc1. The standard InChI is InChI=1S/C27H26FN3O2S/c1-16-5-8-20(28)13-22(16)30-26(32)15-34-27-14-23(19-6-9-21(33-4)10-7-19)29-24-11-17(2)18(3)12-25(24)31-27/h5-13H,14-15H2,1-4H3,(H,30,32). The van der Waals surface area contributed by atoms with Gasteiger partial charge in [0.05, 0.1) is 35.0 Å². The lowest BCUT2D eigenvalue weighted by atomic mass is 10.1. The molecule has 0 saturated carbocycles. The van der Waals surface area contributed by atoms with Crippen LogP contribution in [0.5, 0.6) is 5.75 Å². The second-order valence-electron chi connectivity index (χ2n) is 8.19. The summed E-state index contributed by atoms with van der Waals surface area (Å²) in [7, 11) is 1.64. The number of aliphatic imine (C=N–C) groups is 2. The Balaban J connectivity index is 1.59. The summed E-state index contributed by atoms with van der Waals surface area (Å²) in [4.78, 5) is 22.4. The molecule has 0 radical (unpaired) electrons. The van der Waals surface area contributed by atoms with Gasteiger partial charge in [0.25, 0.3) is 0 Å². The minimum atomic E-state index is -0.385. The largest absolute Gasteiger partial charge is 0.497 e. The van der Waals surface area contributed by atoms with E-state index in [4.69, 9.17) is 14.7 Å². The van der Waals surface area contributed by atoms with E-state index < -0.39 is 0 Å². The van der Waals surface area contributed by atoms with E-state index in [1.165, 1.54) is 23.9 Å². The molecule has 0 aliphatic carbocycles. The Labute approximate surface area is 203 Å². The van der Waals surface area contributed by atoms with Crippen LogP contribution in [0, 0.1) is 26.6 Å². The zero-order chi connectivity index (χ0) is 24.2. The number of hydrogen-bond donors (Lipinski definition) is 1. The fourth-order valence-electron chi connectivity index (χ4n) is 3.56. The molecule has 3 aromatic carbocycles. The van der Waals surface area contributed by atoms with Crippen LogP contribution in [0.15, 0.2) is 64.6 Å². The van der Waals surface area contributed by atoms with Gasteiger partial charge in [0.2, 0.25) is 5.91 Å². The third-order valence-electron chi connectivity index (χ3n) is 5.68. The number of halogens is 1. The van der Waals surface area contributed by atoms with E-state index in [9.17, 15) is 9.18 Å². The molecule has 1 amide bonds. The summed E-state index contributed by atoms with van der Waals surface area (Å²) in [5.74, 6) is 0.334. The van der Waals surface area contributed by atoms with Crippen molar-refractivity contribution in [1.82, 2.24) is 0 Å². The molecular formula is C27H26FN3O2S. The number of benzene rings is 3. The number of carbonyl (C=O) groups excluding carboxylic acids is 1. The summed E-state index contributed by atoms with van der Waals surface area (Å²) in [6.45, 7) is 5.93. The molecule has 174 valence electrons. The van der Waals surface area contributed by atoms with Gasteiger partial charge in [0.15, 0.2) is 0 Å². The summed E-state index contributed by atoms with van der Waals surface area (Å²) >= 11 is 1.37. The van der Waals surface area contributed by atoms with Crippen molar-refractivity contribution in [2.75, 3.05) is 18.2 Å². The van der Waals surface area contributed by atoms with Crippen molar-refractivity contribution in [2.45, 2.75) is 27.2 Å². The molecule has 7 heteroatoms. The zero-order valence-corrected chi connectivity index (χ0v) is 20.4. The molecule has 4 rings (SSSR count).